The van der Waals surface area contributed by atoms with Gasteiger partial charge >= 0.3 is 5.97 Å². The Morgan fingerprint density at radius 2 is 1.71 bits per heavy atom. The first-order chi connectivity index (χ1) is 9.93. The summed E-state index contributed by atoms with van der Waals surface area (Å²) in [7, 11) is 0. The van der Waals surface area contributed by atoms with Crippen molar-refractivity contribution in [1.29, 1.82) is 0 Å². The van der Waals surface area contributed by atoms with Gasteiger partial charge in [0.05, 0.1) is 12.7 Å². The minimum absolute atomic E-state index is 0.343. The number of nitrogens with one attached hydrogen (secondary N) is 1. The van der Waals surface area contributed by atoms with Crippen LogP contribution in [-0.2, 0) is 9.59 Å². The van der Waals surface area contributed by atoms with Crippen molar-refractivity contribution in [3.8, 4) is 11.5 Å². The van der Waals surface area contributed by atoms with Crippen molar-refractivity contribution in [1.82, 2.24) is 5.32 Å². The van der Waals surface area contributed by atoms with Gasteiger partial charge < -0.3 is 25.0 Å². The number of carbonyl (C=O) groups excluding carboxylic acids is 1. The van der Waals surface area contributed by atoms with E-state index < -0.39 is 24.0 Å². The number of aliphatic carboxylic acids is 1. The highest BCUT2D eigenvalue weighted by Crippen LogP contribution is 2.17. The lowest BCUT2D eigenvalue weighted by Crippen LogP contribution is -2.49. The molecule has 0 saturated heterocycles. The van der Waals surface area contributed by atoms with Crippen LogP contribution in [0, 0.1) is 0 Å². The van der Waals surface area contributed by atoms with Gasteiger partial charge in [-0.1, -0.05) is 0 Å². The fraction of sp³-hybridized carbons (Fsp3) is 0.429. The summed E-state index contributed by atoms with van der Waals surface area (Å²) in [5.74, 6) is -0.788. The molecule has 1 aromatic rings. The molecule has 7 nitrogen and oxygen atoms in total. The van der Waals surface area contributed by atoms with Gasteiger partial charge in [0.25, 0.3) is 5.91 Å². The molecule has 2 atom stereocenters. The summed E-state index contributed by atoms with van der Waals surface area (Å²) in [6.07, 6.45) is -1.20. The monoisotopic (exact) mass is 297 g/mol. The summed E-state index contributed by atoms with van der Waals surface area (Å²) < 4.78 is 10.5. The van der Waals surface area contributed by atoms with Gasteiger partial charge in [-0.05, 0) is 38.1 Å². The van der Waals surface area contributed by atoms with Crippen LogP contribution in [0.25, 0.3) is 0 Å². The lowest BCUT2D eigenvalue weighted by molar-refractivity contribution is -0.145. The molecule has 1 rings (SSSR count). The van der Waals surface area contributed by atoms with Crippen molar-refractivity contribution >= 4 is 11.9 Å². The van der Waals surface area contributed by atoms with E-state index in [2.05, 4.69) is 5.32 Å². The van der Waals surface area contributed by atoms with Crippen molar-refractivity contribution in [3.05, 3.63) is 24.3 Å². The molecule has 0 aromatic heterocycles. The SMILES string of the molecule is CCOc1ccc(OCC(=O)NC(C(=O)O)C(C)O)cc1. The highest BCUT2D eigenvalue weighted by molar-refractivity contribution is 5.84. The number of benzene rings is 1. The Balaban J connectivity index is 2.47. The number of ether oxygens (including phenoxy) is 2. The third-order valence-electron chi connectivity index (χ3n) is 2.57. The van der Waals surface area contributed by atoms with Crippen LogP contribution in [0.1, 0.15) is 13.8 Å². The number of carboxylic acid groups (broad SMARTS) is 1. The molecule has 2 unspecified atom stereocenters. The third kappa shape index (κ3) is 5.70. The Bertz CT molecular complexity index is 471. The second-order valence-electron chi connectivity index (χ2n) is 4.32. The molecule has 21 heavy (non-hydrogen) atoms. The minimum atomic E-state index is -1.36. The quantitative estimate of drug-likeness (QED) is 0.642. The van der Waals surface area contributed by atoms with Gasteiger partial charge in [-0.25, -0.2) is 4.79 Å². The van der Waals surface area contributed by atoms with E-state index in [1.54, 1.807) is 24.3 Å². The van der Waals surface area contributed by atoms with Crippen LogP contribution in [0.5, 0.6) is 11.5 Å². The van der Waals surface area contributed by atoms with Gasteiger partial charge in [0.2, 0.25) is 0 Å². The first kappa shape index (κ1) is 16.8. The number of amides is 1. The van der Waals surface area contributed by atoms with Crippen LogP contribution >= 0.6 is 0 Å². The fourth-order valence-corrected chi connectivity index (χ4v) is 1.55. The number of hydrogen-bond donors (Lipinski definition) is 3. The third-order valence-corrected chi connectivity index (χ3v) is 2.57. The van der Waals surface area contributed by atoms with E-state index in [0.29, 0.717) is 18.1 Å². The highest BCUT2D eigenvalue weighted by Gasteiger charge is 2.24. The second-order valence-corrected chi connectivity index (χ2v) is 4.32. The average Bonchev–Trinajstić information content (AvgIpc) is 2.43. The van der Waals surface area contributed by atoms with Crippen LogP contribution in [0.15, 0.2) is 24.3 Å². The van der Waals surface area contributed by atoms with Gasteiger partial charge in [-0.2, -0.15) is 0 Å². The molecule has 0 aliphatic carbocycles. The van der Waals surface area contributed by atoms with Gasteiger partial charge in [0.15, 0.2) is 12.6 Å². The maximum absolute atomic E-state index is 11.6. The van der Waals surface area contributed by atoms with Crippen LogP contribution in [0.4, 0.5) is 0 Å². The van der Waals surface area contributed by atoms with Crippen LogP contribution in [0.3, 0.4) is 0 Å². The maximum Gasteiger partial charge on any atom is 0.328 e. The molecule has 7 heteroatoms. The normalized spacial score (nSPS) is 13.1. The average molecular weight is 297 g/mol. The summed E-state index contributed by atoms with van der Waals surface area (Å²) >= 11 is 0. The molecule has 0 heterocycles. The number of carbonyl (C=O) groups is 2. The molecule has 1 amide bonds. The van der Waals surface area contributed by atoms with E-state index in [1.807, 2.05) is 6.92 Å². The Morgan fingerprint density at radius 3 is 2.14 bits per heavy atom. The molecular weight excluding hydrogens is 278 g/mol. The standard InChI is InChI=1S/C14H19NO6/c1-3-20-10-4-6-11(7-5-10)21-8-12(17)15-13(9(2)16)14(18)19/h4-7,9,13,16H,3,8H2,1-2H3,(H,15,17)(H,18,19). The minimum Gasteiger partial charge on any atom is -0.494 e. The molecule has 0 aliphatic heterocycles. The summed E-state index contributed by atoms with van der Waals surface area (Å²) in [6, 6.07) is 5.32. The molecule has 0 saturated carbocycles. The molecule has 116 valence electrons. The molecule has 0 aliphatic rings. The molecule has 0 fully saturated rings. The number of aliphatic hydroxyl groups excluding tert-OH is 1. The van der Waals surface area contributed by atoms with Crippen molar-refractivity contribution in [2.24, 2.45) is 0 Å². The van der Waals surface area contributed by atoms with Crippen molar-refractivity contribution in [3.63, 3.8) is 0 Å². The number of rotatable bonds is 8. The number of aliphatic hydroxyl groups is 1. The lowest BCUT2D eigenvalue weighted by atomic mass is 10.2. The molecule has 0 bridgehead atoms. The van der Waals surface area contributed by atoms with E-state index >= 15 is 0 Å². The lowest BCUT2D eigenvalue weighted by Gasteiger charge is -2.17. The van der Waals surface area contributed by atoms with E-state index in [9.17, 15) is 14.7 Å². The fourth-order valence-electron chi connectivity index (χ4n) is 1.55. The predicted molar refractivity (Wildman–Crippen MR) is 74.4 cm³/mol. The zero-order valence-electron chi connectivity index (χ0n) is 11.9. The largest absolute Gasteiger partial charge is 0.494 e. The van der Waals surface area contributed by atoms with E-state index in [4.69, 9.17) is 14.6 Å². The van der Waals surface area contributed by atoms with E-state index in [0.717, 1.165) is 0 Å². The summed E-state index contributed by atoms with van der Waals surface area (Å²) in [5, 5.41) is 20.3. The Morgan fingerprint density at radius 1 is 1.19 bits per heavy atom. The Hall–Kier alpha value is -2.28. The molecular formula is C14H19NO6. The summed E-state index contributed by atoms with van der Waals surface area (Å²) in [6.45, 7) is 3.37. The van der Waals surface area contributed by atoms with Gasteiger partial charge in [0.1, 0.15) is 11.5 Å². The Labute approximate surface area is 122 Å². The van der Waals surface area contributed by atoms with Crippen molar-refractivity contribution < 1.29 is 29.3 Å². The molecule has 0 spiro atoms. The topological polar surface area (TPSA) is 105 Å². The highest BCUT2D eigenvalue weighted by atomic mass is 16.5. The summed E-state index contributed by atoms with van der Waals surface area (Å²) in [5.41, 5.74) is 0. The molecule has 0 radical (unpaired) electrons. The number of hydrogen-bond acceptors (Lipinski definition) is 5. The molecule has 3 N–H and O–H groups in total. The van der Waals surface area contributed by atoms with E-state index in [1.165, 1.54) is 6.92 Å². The van der Waals surface area contributed by atoms with Crippen molar-refractivity contribution in [2.45, 2.75) is 26.0 Å². The first-order valence-corrected chi connectivity index (χ1v) is 6.50. The zero-order valence-corrected chi connectivity index (χ0v) is 11.9. The zero-order chi connectivity index (χ0) is 15.8. The predicted octanol–water partition coefficient (Wildman–Crippen LogP) is 0.414. The smallest absolute Gasteiger partial charge is 0.328 e. The van der Waals surface area contributed by atoms with E-state index in [-0.39, 0.29) is 6.61 Å². The Kier molecular flexibility index (Phi) is 6.48. The first-order valence-electron chi connectivity index (χ1n) is 6.50. The maximum atomic E-state index is 11.6. The van der Waals surface area contributed by atoms with Gasteiger partial charge in [0, 0.05) is 0 Å². The summed E-state index contributed by atoms with van der Waals surface area (Å²) in [4.78, 5) is 22.4. The van der Waals surface area contributed by atoms with Crippen LogP contribution < -0.4 is 14.8 Å². The van der Waals surface area contributed by atoms with Gasteiger partial charge in [-0.15, -0.1) is 0 Å². The van der Waals surface area contributed by atoms with Crippen molar-refractivity contribution in [2.75, 3.05) is 13.2 Å². The molecule has 1 aromatic carbocycles. The van der Waals surface area contributed by atoms with Gasteiger partial charge in [-0.3, -0.25) is 4.79 Å². The second kappa shape index (κ2) is 8.11. The van der Waals surface area contributed by atoms with Crippen LogP contribution in [0.2, 0.25) is 0 Å². The van der Waals surface area contributed by atoms with Crippen LogP contribution in [-0.4, -0.2) is 47.4 Å². The number of carboxylic acids is 1.